The van der Waals surface area contributed by atoms with Crippen molar-refractivity contribution in [3.05, 3.63) is 63.3 Å². The highest BCUT2D eigenvalue weighted by Crippen LogP contribution is 2.43. The summed E-state index contributed by atoms with van der Waals surface area (Å²) in [6, 6.07) is 10.5. The van der Waals surface area contributed by atoms with Gasteiger partial charge in [0, 0.05) is 11.3 Å². The number of hydrogen-bond acceptors (Lipinski definition) is 2. The molecular weight excluding hydrogens is 260 g/mol. The summed E-state index contributed by atoms with van der Waals surface area (Å²) in [6.07, 6.45) is 5.76. The zero-order chi connectivity index (χ0) is 14.9. The van der Waals surface area contributed by atoms with E-state index >= 15 is 0 Å². The first-order chi connectivity index (χ1) is 10.1. The smallest absolute Gasteiger partial charge is 0.254 e. The van der Waals surface area contributed by atoms with Crippen LogP contribution in [0.3, 0.4) is 0 Å². The van der Waals surface area contributed by atoms with Gasteiger partial charge in [-0.2, -0.15) is 0 Å². The molecule has 0 radical (unpaired) electrons. The van der Waals surface area contributed by atoms with E-state index in [0.717, 1.165) is 29.9 Å². The molecule has 0 unspecified atom stereocenters. The Morgan fingerprint density at radius 3 is 2.33 bits per heavy atom. The normalized spacial score (nSPS) is 17.6. The number of aryl methyl sites for hydroxylation is 1. The highest BCUT2D eigenvalue weighted by atomic mass is 16.1. The molecule has 2 aromatic rings. The highest BCUT2D eigenvalue weighted by molar-refractivity contribution is 5.34. The van der Waals surface area contributed by atoms with Crippen LogP contribution >= 0.6 is 0 Å². The number of nitrogens with zero attached hydrogens (tertiary/aromatic N) is 1. The molecule has 3 nitrogen and oxygen atoms in total. The second-order valence-corrected chi connectivity index (χ2v) is 6.13. The van der Waals surface area contributed by atoms with Crippen LogP contribution in [0.15, 0.2) is 35.1 Å². The summed E-state index contributed by atoms with van der Waals surface area (Å²) in [5.41, 5.74) is 2.71. The van der Waals surface area contributed by atoms with E-state index in [1.165, 1.54) is 24.8 Å². The molecule has 3 heteroatoms. The number of hydrogen-bond donors (Lipinski definition) is 1. The van der Waals surface area contributed by atoms with Crippen LogP contribution in [-0.4, -0.2) is 9.97 Å². The Morgan fingerprint density at radius 2 is 1.71 bits per heavy atom. The summed E-state index contributed by atoms with van der Waals surface area (Å²) < 4.78 is 0. The third-order valence-electron chi connectivity index (χ3n) is 4.88. The van der Waals surface area contributed by atoms with Gasteiger partial charge >= 0.3 is 0 Å². The van der Waals surface area contributed by atoms with Crippen LogP contribution in [0.25, 0.3) is 0 Å². The second-order valence-electron chi connectivity index (χ2n) is 6.13. The van der Waals surface area contributed by atoms with E-state index in [2.05, 4.69) is 29.2 Å². The third-order valence-corrected chi connectivity index (χ3v) is 4.88. The lowest BCUT2D eigenvalue weighted by Crippen LogP contribution is -2.35. The first-order valence-electron chi connectivity index (χ1n) is 7.77. The molecular formula is C18H22N2O. The largest absolute Gasteiger partial charge is 0.310 e. The van der Waals surface area contributed by atoms with E-state index in [9.17, 15) is 4.79 Å². The maximum Gasteiger partial charge on any atom is 0.254 e. The van der Waals surface area contributed by atoms with Crippen LogP contribution < -0.4 is 5.56 Å². The van der Waals surface area contributed by atoms with Crippen molar-refractivity contribution < 1.29 is 0 Å². The lowest BCUT2D eigenvalue weighted by Gasteiger charge is -2.37. The molecule has 1 N–H and O–H groups in total. The number of nitrogens with one attached hydrogen (secondary N) is 1. The molecule has 0 amide bonds. The van der Waals surface area contributed by atoms with Gasteiger partial charge in [0.15, 0.2) is 0 Å². The molecule has 1 aromatic carbocycles. The fraction of sp³-hybridized carbons (Fsp3) is 0.444. The molecule has 0 atom stereocenters. The molecule has 110 valence electrons. The molecule has 0 bridgehead atoms. The van der Waals surface area contributed by atoms with Crippen molar-refractivity contribution in [3.8, 4) is 0 Å². The maximum atomic E-state index is 12.2. The van der Waals surface area contributed by atoms with Crippen LogP contribution in [0.5, 0.6) is 0 Å². The average molecular weight is 282 g/mol. The summed E-state index contributed by atoms with van der Waals surface area (Å²) in [6.45, 7) is 3.76. The van der Waals surface area contributed by atoms with E-state index in [4.69, 9.17) is 4.98 Å². The van der Waals surface area contributed by atoms with Crippen molar-refractivity contribution in [2.75, 3.05) is 0 Å². The Hall–Kier alpha value is -1.90. The monoisotopic (exact) mass is 282 g/mol. The minimum Gasteiger partial charge on any atom is -0.310 e. The summed E-state index contributed by atoms with van der Waals surface area (Å²) in [5, 5.41) is 0. The van der Waals surface area contributed by atoms with Gasteiger partial charge in [0.25, 0.3) is 5.56 Å². The molecule has 0 saturated heterocycles. The van der Waals surface area contributed by atoms with Gasteiger partial charge in [0.1, 0.15) is 5.82 Å². The van der Waals surface area contributed by atoms with Crippen molar-refractivity contribution in [2.45, 2.75) is 51.4 Å². The highest BCUT2D eigenvalue weighted by Gasteiger charge is 2.38. The Labute approximate surface area is 125 Å². The van der Waals surface area contributed by atoms with Crippen molar-refractivity contribution in [3.63, 3.8) is 0 Å². The standard InChI is InChI=1S/C18H22N2O/c1-13-14(2)19-17(20-16(13)21)18(11-7-4-8-12-18)15-9-5-3-6-10-15/h3,5-6,9-10H,4,7-8,11-12H2,1-2H3,(H,19,20,21). The predicted molar refractivity (Wildman–Crippen MR) is 84.6 cm³/mol. The number of aromatic nitrogens is 2. The predicted octanol–water partition coefficient (Wildman–Crippen LogP) is 3.64. The summed E-state index contributed by atoms with van der Waals surface area (Å²) in [5.74, 6) is 0.849. The minimum atomic E-state index is -0.128. The fourth-order valence-corrected chi connectivity index (χ4v) is 3.45. The van der Waals surface area contributed by atoms with Crippen LogP contribution in [-0.2, 0) is 5.41 Å². The van der Waals surface area contributed by atoms with Crippen molar-refractivity contribution in [1.82, 2.24) is 9.97 Å². The van der Waals surface area contributed by atoms with E-state index in [0.29, 0.717) is 0 Å². The molecule has 3 rings (SSSR count). The Bertz CT molecular complexity index is 682. The summed E-state index contributed by atoms with van der Waals surface area (Å²) in [4.78, 5) is 20.0. The Balaban J connectivity index is 2.19. The molecule has 1 saturated carbocycles. The van der Waals surface area contributed by atoms with Crippen molar-refractivity contribution >= 4 is 0 Å². The first-order valence-corrected chi connectivity index (χ1v) is 7.77. The minimum absolute atomic E-state index is 0.00150. The number of aromatic amines is 1. The molecule has 1 aliphatic carbocycles. The van der Waals surface area contributed by atoms with Gasteiger partial charge in [-0.25, -0.2) is 4.98 Å². The lowest BCUT2D eigenvalue weighted by atomic mass is 9.68. The van der Waals surface area contributed by atoms with Gasteiger partial charge in [-0.1, -0.05) is 49.6 Å². The number of H-pyrrole nitrogens is 1. The van der Waals surface area contributed by atoms with Crippen molar-refractivity contribution in [1.29, 1.82) is 0 Å². The quantitative estimate of drug-likeness (QED) is 0.914. The molecule has 0 spiro atoms. The van der Waals surface area contributed by atoms with Crippen molar-refractivity contribution in [2.24, 2.45) is 0 Å². The van der Waals surface area contributed by atoms with Crippen LogP contribution in [0.1, 0.15) is 54.7 Å². The summed E-state index contributed by atoms with van der Waals surface area (Å²) >= 11 is 0. The van der Waals surface area contributed by atoms with E-state index in [1.54, 1.807) is 0 Å². The van der Waals surface area contributed by atoms with Gasteiger partial charge in [0.2, 0.25) is 0 Å². The average Bonchev–Trinajstić information content (AvgIpc) is 2.53. The lowest BCUT2D eigenvalue weighted by molar-refractivity contribution is 0.329. The zero-order valence-corrected chi connectivity index (χ0v) is 12.8. The number of rotatable bonds is 2. The zero-order valence-electron chi connectivity index (χ0n) is 12.8. The van der Waals surface area contributed by atoms with E-state index in [1.807, 2.05) is 19.9 Å². The van der Waals surface area contributed by atoms with Gasteiger partial charge in [-0.15, -0.1) is 0 Å². The summed E-state index contributed by atoms with van der Waals surface area (Å²) in [7, 11) is 0. The molecule has 1 aliphatic rings. The molecule has 21 heavy (non-hydrogen) atoms. The van der Waals surface area contributed by atoms with Gasteiger partial charge < -0.3 is 4.98 Å². The van der Waals surface area contributed by atoms with Crippen LogP contribution in [0.4, 0.5) is 0 Å². The first kappa shape index (κ1) is 14.1. The Morgan fingerprint density at radius 1 is 1.05 bits per heavy atom. The van der Waals surface area contributed by atoms with Gasteiger partial charge in [-0.3, -0.25) is 4.79 Å². The molecule has 1 aromatic heterocycles. The van der Waals surface area contributed by atoms with Crippen LogP contribution in [0.2, 0.25) is 0 Å². The third kappa shape index (κ3) is 2.41. The van der Waals surface area contributed by atoms with Gasteiger partial charge in [0.05, 0.1) is 5.41 Å². The Kier molecular flexibility index (Phi) is 3.66. The fourth-order valence-electron chi connectivity index (χ4n) is 3.45. The topological polar surface area (TPSA) is 45.8 Å². The maximum absolute atomic E-state index is 12.2. The number of benzene rings is 1. The SMILES string of the molecule is Cc1nc(C2(c3ccccc3)CCCCC2)[nH]c(=O)c1C. The molecule has 0 aliphatic heterocycles. The van der Waals surface area contributed by atoms with E-state index in [-0.39, 0.29) is 11.0 Å². The van der Waals surface area contributed by atoms with Gasteiger partial charge in [-0.05, 0) is 32.3 Å². The van der Waals surface area contributed by atoms with E-state index < -0.39 is 0 Å². The molecule has 1 heterocycles. The van der Waals surface area contributed by atoms with Crippen LogP contribution in [0, 0.1) is 13.8 Å². The second kappa shape index (κ2) is 5.47. The molecule has 1 fully saturated rings.